The van der Waals surface area contributed by atoms with Crippen LogP contribution < -0.4 is 5.73 Å². The number of hydrogen-bond acceptors (Lipinski definition) is 3. The maximum atomic E-state index is 11.3. The first-order valence-corrected chi connectivity index (χ1v) is 5.72. The van der Waals surface area contributed by atoms with Gasteiger partial charge in [-0.25, -0.2) is 4.68 Å². The summed E-state index contributed by atoms with van der Waals surface area (Å²) in [5, 5.41) is 7.98. The minimum absolute atomic E-state index is 0.391. The number of carbonyl (C=O) groups is 1. The van der Waals surface area contributed by atoms with Crippen molar-refractivity contribution < 1.29 is 4.79 Å². The molecule has 0 saturated carbocycles. The molecule has 1 aromatic carbocycles. The molecule has 5 nitrogen and oxygen atoms in total. The van der Waals surface area contributed by atoms with Gasteiger partial charge in [-0.1, -0.05) is 28.1 Å². The number of primary amides is 1. The van der Waals surface area contributed by atoms with E-state index in [1.54, 1.807) is 4.68 Å². The van der Waals surface area contributed by atoms with Gasteiger partial charge in [0.15, 0.2) is 0 Å². The number of hydrogen-bond donors (Lipinski definition) is 1. The summed E-state index contributed by atoms with van der Waals surface area (Å²) in [6.45, 7) is 1.89. The van der Waals surface area contributed by atoms with Crippen molar-refractivity contribution in [1.29, 1.82) is 0 Å². The number of amides is 1. The number of carbonyl (C=O) groups excluding carboxylic acids is 1. The Balaban J connectivity index is 2.57. The van der Waals surface area contributed by atoms with Gasteiger partial charge in [-0.3, -0.25) is 4.79 Å². The van der Waals surface area contributed by atoms with E-state index in [9.17, 15) is 4.79 Å². The van der Waals surface area contributed by atoms with Gasteiger partial charge in [-0.2, -0.15) is 0 Å². The summed E-state index contributed by atoms with van der Waals surface area (Å²) in [5.74, 6) is -0.391. The van der Waals surface area contributed by atoms with Gasteiger partial charge >= 0.3 is 0 Å². The molecule has 0 radical (unpaired) electrons. The van der Waals surface area contributed by atoms with Crippen LogP contribution in [0.5, 0.6) is 0 Å². The van der Waals surface area contributed by atoms with Crippen LogP contribution in [0.4, 0.5) is 0 Å². The van der Waals surface area contributed by atoms with Crippen LogP contribution in [0.2, 0.25) is 0 Å². The quantitative estimate of drug-likeness (QED) is 0.930. The third kappa shape index (κ3) is 1.80. The highest BCUT2D eigenvalue weighted by Crippen LogP contribution is 2.21. The van der Waals surface area contributed by atoms with E-state index < -0.39 is 11.9 Å². The van der Waals surface area contributed by atoms with E-state index in [0.29, 0.717) is 6.42 Å². The van der Waals surface area contributed by atoms with Crippen LogP contribution in [0.15, 0.2) is 22.7 Å². The summed E-state index contributed by atoms with van der Waals surface area (Å²) in [7, 11) is 0. The van der Waals surface area contributed by atoms with Gasteiger partial charge in [0.05, 0.1) is 5.52 Å². The summed E-state index contributed by atoms with van der Waals surface area (Å²) >= 11 is 3.36. The van der Waals surface area contributed by atoms with E-state index in [1.807, 2.05) is 25.1 Å². The average Bonchev–Trinajstić information content (AvgIpc) is 2.62. The van der Waals surface area contributed by atoms with Crippen molar-refractivity contribution in [2.75, 3.05) is 0 Å². The lowest BCUT2D eigenvalue weighted by Gasteiger charge is -2.11. The zero-order valence-corrected chi connectivity index (χ0v) is 10.3. The van der Waals surface area contributed by atoms with Crippen molar-refractivity contribution in [3.63, 3.8) is 0 Å². The summed E-state index contributed by atoms with van der Waals surface area (Å²) < 4.78 is 2.50. The maximum Gasteiger partial charge on any atom is 0.242 e. The van der Waals surface area contributed by atoms with Crippen molar-refractivity contribution in [1.82, 2.24) is 15.0 Å². The Bertz CT molecular complexity index is 537. The Morgan fingerprint density at radius 3 is 3.00 bits per heavy atom. The lowest BCUT2D eigenvalue weighted by Crippen LogP contribution is -2.26. The van der Waals surface area contributed by atoms with E-state index in [4.69, 9.17) is 5.73 Å². The summed E-state index contributed by atoms with van der Waals surface area (Å²) in [5.41, 5.74) is 6.88. The predicted octanol–water partition coefficient (Wildman–Crippen LogP) is 1.63. The van der Waals surface area contributed by atoms with Crippen LogP contribution in [0, 0.1) is 0 Å². The minimum atomic E-state index is -0.439. The molecule has 0 aliphatic rings. The molecule has 1 aromatic heterocycles. The first-order chi connectivity index (χ1) is 7.63. The summed E-state index contributed by atoms with van der Waals surface area (Å²) in [4.78, 5) is 11.3. The predicted molar refractivity (Wildman–Crippen MR) is 63.8 cm³/mol. The van der Waals surface area contributed by atoms with Gasteiger partial charge in [0.1, 0.15) is 11.6 Å². The fourth-order valence-corrected chi connectivity index (χ4v) is 1.99. The number of rotatable bonds is 3. The highest BCUT2D eigenvalue weighted by atomic mass is 79.9. The van der Waals surface area contributed by atoms with Gasteiger partial charge in [0, 0.05) is 4.47 Å². The van der Waals surface area contributed by atoms with Crippen molar-refractivity contribution in [3.8, 4) is 0 Å². The second-order valence-electron chi connectivity index (χ2n) is 3.49. The van der Waals surface area contributed by atoms with E-state index in [2.05, 4.69) is 26.2 Å². The molecule has 2 aromatic rings. The van der Waals surface area contributed by atoms with Crippen LogP contribution in [0.3, 0.4) is 0 Å². The SMILES string of the molecule is CC[C@@H](C(N)=O)n1nnc2cc(Br)ccc21. The number of aromatic nitrogens is 3. The Kier molecular flexibility index (Phi) is 2.91. The third-order valence-electron chi connectivity index (χ3n) is 2.44. The molecule has 2 rings (SSSR count). The van der Waals surface area contributed by atoms with E-state index in [1.165, 1.54) is 0 Å². The van der Waals surface area contributed by atoms with Crippen LogP contribution >= 0.6 is 15.9 Å². The van der Waals surface area contributed by atoms with Crippen LogP contribution in [0.25, 0.3) is 11.0 Å². The van der Waals surface area contributed by atoms with Crippen molar-refractivity contribution in [3.05, 3.63) is 22.7 Å². The van der Waals surface area contributed by atoms with Gasteiger partial charge in [0.2, 0.25) is 5.91 Å². The lowest BCUT2D eigenvalue weighted by molar-refractivity contribution is -0.121. The zero-order valence-electron chi connectivity index (χ0n) is 8.72. The molecule has 1 heterocycles. The van der Waals surface area contributed by atoms with E-state index >= 15 is 0 Å². The Hall–Kier alpha value is -1.43. The molecule has 16 heavy (non-hydrogen) atoms. The Morgan fingerprint density at radius 2 is 2.38 bits per heavy atom. The highest BCUT2D eigenvalue weighted by Gasteiger charge is 2.18. The molecule has 6 heteroatoms. The molecule has 1 atom stereocenters. The largest absolute Gasteiger partial charge is 0.368 e. The summed E-state index contributed by atoms with van der Waals surface area (Å²) in [6.07, 6.45) is 0.601. The Morgan fingerprint density at radius 1 is 1.62 bits per heavy atom. The van der Waals surface area contributed by atoms with Crippen LogP contribution in [-0.4, -0.2) is 20.9 Å². The number of benzene rings is 1. The summed E-state index contributed by atoms with van der Waals surface area (Å²) in [6, 6.07) is 5.17. The fourth-order valence-electron chi connectivity index (χ4n) is 1.64. The molecule has 0 spiro atoms. The molecule has 84 valence electrons. The van der Waals surface area contributed by atoms with Crippen LogP contribution in [0.1, 0.15) is 19.4 Å². The topological polar surface area (TPSA) is 73.8 Å². The molecule has 0 aliphatic carbocycles. The van der Waals surface area contributed by atoms with E-state index in [-0.39, 0.29) is 0 Å². The van der Waals surface area contributed by atoms with Gasteiger partial charge in [-0.15, -0.1) is 5.10 Å². The molecule has 0 aliphatic heterocycles. The number of halogens is 1. The highest BCUT2D eigenvalue weighted by molar-refractivity contribution is 9.10. The van der Waals surface area contributed by atoms with Crippen LogP contribution in [-0.2, 0) is 4.79 Å². The molecule has 0 bridgehead atoms. The van der Waals surface area contributed by atoms with Gasteiger partial charge < -0.3 is 5.73 Å². The van der Waals surface area contributed by atoms with Crippen molar-refractivity contribution >= 4 is 32.9 Å². The molecule has 0 unspecified atom stereocenters. The maximum absolute atomic E-state index is 11.3. The third-order valence-corrected chi connectivity index (χ3v) is 2.94. The first kappa shape index (κ1) is 11.1. The van der Waals surface area contributed by atoms with Crippen molar-refractivity contribution in [2.24, 2.45) is 5.73 Å². The number of fused-ring (bicyclic) bond motifs is 1. The van der Waals surface area contributed by atoms with E-state index in [0.717, 1.165) is 15.5 Å². The number of nitrogens with zero attached hydrogens (tertiary/aromatic N) is 3. The standard InChI is InChI=1S/C10H11BrN4O/c1-2-8(10(12)16)15-9-4-3-6(11)5-7(9)13-14-15/h3-5,8H,2H2,1H3,(H2,12,16)/t8-/m0/s1. The second-order valence-corrected chi connectivity index (χ2v) is 4.41. The molecule has 0 saturated heterocycles. The zero-order chi connectivity index (χ0) is 11.7. The van der Waals surface area contributed by atoms with Gasteiger partial charge in [0.25, 0.3) is 0 Å². The number of nitrogens with two attached hydrogens (primary N) is 1. The molecular weight excluding hydrogens is 272 g/mol. The lowest BCUT2D eigenvalue weighted by atomic mass is 10.2. The molecule has 1 amide bonds. The molecule has 2 N–H and O–H groups in total. The first-order valence-electron chi connectivity index (χ1n) is 4.93. The average molecular weight is 283 g/mol. The Labute approximate surface area is 101 Å². The van der Waals surface area contributed by atoms with Crippen molar-refractivity contribution in [2.45, 2.75) is 19.4 Å². The normalized spacial score (nSPS) is 12.9. The second kappa shape index (κ2) is 4.21. The monoisotopic (exact) mass is 282 g/mol. The minimum Gasteiger partial charge on any atom is -0.368 e. The molecule has 0 fully saturated rings. The van der Waals surface area contributed by atoms with Gasteiger partial charge in [-0.05, 0) is 24.6 Å². The fraction of sp³-hybridized carbons (Fsp3) is 0.300. The smallest absolute Gasteiger partial charge is 0.242 e. The molecular formula is C10H11BrN4O.